The fraction of sp³-hybridized carbons (Fsp3) is 0.526. The van der Waals surface area contributed by atoms with Crippen LogP contribution in [-0.4, -0.2) is 22.0 Å². The number of aromatic amines is 1. The molecule has 0 radical (unpaired) electrons. The van der Waals surface area contributed by atoms with Crippen molar-refractivity contribution in [3.63, 3.8) is 0 Å². The molecule has 5 nitrogen and oxygen atoms in total. The number of ether oxygens (including phenoxy) is 1. The number of H-pyrrole nitrogens is 1. The average Bonchev–Trinajstić information content (AvgIpc) is 3.18. The molecule has 3 unspecified atom stereocenters. The summed E-state index contributed by atoms with van der Waals surface area (Å²) in [5.41, 5.74) is 0.570. The van der Waals surface area contributed by atoms with Gasteiger partial charge in [0.15, 0.2) is 0 Å². The number of benzene rings is 1. The molecular weight excluding hydrogens is 304 g/mol. The first-order chi connectivity index (χ1) is 11.7. The molecule has 2 bridgehead atoms. The number of aryl methyl sites for hydroxylation is 1. The number of hydrogen-bond donors (Lipinski definition) is 1. The van der Waals surface area contributed by atoms with E-state index in [1.807, 2.05) is 18.2 Å². The standard InChI is InChI=1S/C19H22N2O3/c22-18(24-16-11-12-8-9-13(16)10-12)7-3-6-17-20-15-5-2-1-4-14(15)19(23)21-17/h1-2,4-5,12-13,16H,3,6-11H2,(H,20,21,23). The molecule has 1 N–H and O–H groups in total. The van der Waals surface area contributed by atoms with Crippen LogP contribution >= 0.6 is 0 Å². The summed E-state index contributed by atoms with van der Waals surface area (Å²) in [5.74, 6) is 1.89. The lowest BCUT2D eigenvalue weighted by Gasteiger charge is -2.21. The van der Waals surface area contributed by atoms with Gasteiger partial charge >= 0.3 is 5.97 Å². The highest BCUT2D eigenvalue weighted by Gasteiger charge is 2.41. The van der Waals surface area contributed by atoms with E-state index in [1.54, 1.807) is 6.07 Å². The van der Waals surface area contributed by atoms with Crippen LogP contribution in [0.1, 0.15) is 44.3 Å². The molecule has 2 aliphatic rings. The molecule has 2 aromatic rings. The smallest absolute Gasteiger partial charge is 0.306 e. The van der Waals surface area contributed by atoms with Crippen molar-refractivity contribution in [2.45, 2.75) is 51.0 Å². The molecule has 126 valence electrons. The topological polar surface area (TPSA) is 72.0 Å². The van der Waals surface area contributed by atoms with Gasteiger partial charge in [-0.2, -0.15) is 0 Å². The molecule has 0 amide bonds. The third-order valence-electron chi connectivity index (χ3n) is 5.41. The monoisotopic (exact) mass is 326 g/mol. The predicted molar refractivity (Wildman–Crippen MR) is 90.6 cm³/mol. The zero-order chi connectivity index (χ0) is 16.5. The quantitative estimate of drug-likeness (QED) is 0.857. The van der Waals surface area contributed by atoms with Crippen molar-refractivity contribution in [3.05, 3.63) is 40.4 Å². The summed E-state index contributed by atoms with van der Waals surface area (Å²) in [7, 11) is 0. The predicted octanol–water partition coefficient (Wildman–Crippen LogP) is 2.98. The first kappa shape index (κ1) is 15.4. The zero-order valence-electron chi connectivity index (χ0n) is 13.7. The highest BCUT2D eigenvalue weighted by Crippen LogP contribution is 2.45. The molecule has 0 aliphatic heterocycles. The summed E-state index contributed by atoms with van der Waals surface area (Å²) in [6.07, 6.45) is 6.55. The normalized spacial score (nSPS) is 25.2. The van der Waals surface area contributed by atoms with Gasteiger partial charge in [0.25, 0.3) is 5.56 Å². The number of carbonyl (C=O) groups excluding carboxylic acids is 1. The fourth-order valence-corrected chi connectivity index (χ4v) is 4.21. The van der Waals surface area contributed by atoms with Crippen LogP contribution in [0.15, 0.2) is 29.1 Å². The molecule has 0 saturated heterocycles. The van der Waals surface area contributed by atoms with Crippen molar-refractivity contribution in [1.82, 2.24) is 9.97 Å². The molecule has 0 spiro atoms. The summed E-state index contributed by atoms with van der Waals surface area (Å²) in [5, 5.41) is 0.594. The Bertz CT molecular complexity index is 814. The number of rotatable bonds is 5. The number of nitrogens with zero attached hydrogens (tertiary/aromatic N) is 1. The van der Waals surface area contributed by atoms with Gasteiger partial charge in [-0.05, 0) is 56.1 Å². The fourth-order valence-electron chi connectivity index (χ4n) is 4.21. The van der Waals surface area contributed by atoms with E-state index in [2.05, 4.69) is 9.97 Å². The maximum atomic E-state index is 12.0. The van der Waals surface area contributed by atoms with Gasteiger partial charge in [0.05, 0.1) is 10.9 Å². The summed E-state index contributed by atoms with van der Waals surface area (Å²) in [6.45, 7) is 0. The molecule has 3 atom stereocenters. The second kappa shape index (κ2) is 6.38. The lowest BCUT2D eigenvalue weighted by Crippen LogP contribution is -2.24. The molecule has 1 aromatic heterocycles. The zero-order valence-corrected chi connectivity index (χ0v) is 13.7. The Morgan fingerprint density at radius 1 is 1.25 bits per heavy atom. The minimum atomic E-state index is -0.125. The Morgan fingerprint density at radius 3 is 2.92 bits per heavy atom. The maximum absolute atomic E-state index is 12.0. The Labute approximate surface area is 140 Å². The van der Waals surface area contributed by atoms with E-state index in [1.165, 1.54) is 19.3 Å². The molecular formula is C19H22N2O3. The average molecular weight is 326 g/mol. The largest absolute Gasteiger partial charge is 0.462 e. The maximum Gasteiger partial charge on any atom is 0.306 e. The van der Waals surface area contributed by atoms with Gasteiger partial charge in [0.2, 0.25) is 0 Å². The van der Waals surface area contributed by atoms with E-state index >= 15 is 0 Å². The minimum Gasteiger partial charge on any atom is -0.462 e. The van der Waals surface area contributed by atoms with E-state index in [-0.39, 0.29) is 17.6 Å². The number of hydrogen-bond acceptors (Lipinski definition) is 4. The van der Waals surface area contributed by atoms with Crippen LogP contribution in [0.5, 0.6) is 0 Å². The number of esters is 1. The highest BCUT2D eigenvalue weighted by molar-refractivity contribution is 5.77. The molecule has 1 aromatic carbocycles. The number of carbonyl (C=O) groups is 1. The van der Waals surface area contributed by atoms with E-state index in [4.69, 9.17) is 4.74 Å². The minimum absolute atomic E-state index is 0.115. The van der Waals surface area contributed by atoms with E-state index in [0.717, 1.165) is 12.3 Å². The third kappa shape index (κ3) is 3.07. The SMILES string of the molecule is O=C(CCCc1nc2ccccc2c(=O)[nH]1)OC1CC2CCC1C2. The Hall–Kier alpha value is -2.17. The number of nitrogens with one attached hydrogen (secondary N) is 1. The van der Waals surface area contributed by atoms with Gasteiger partial charge < -0.3 is 9.72 Å². The molecule has 4 rings (SSSR count). The van der Waals surface area contributed by atoms with Gasteiger partial charge in [0.1, 0.15) is 11.9 Å². The second-order valence-corrected chi connectivity index (χ2v) is 7.09. The van der Waals surface area contributed by atoms with Crippen LogP contribution in [0.25, 0.3) is 10.9 Å². The van der Waals surface area contributed by atoms with Crippen LogP contribution in [0, 0.1) is 11.8 Å². The van der Waals surface area contributed by atoms with E-state index in [0.29, 0.717) is 41.9 Å². The number of para-hydroxylation sites is 1. The first-order valence-electron chi connectivity index (χ1n) is 8.86. The van der Waals surface area contributed by atoms with Crippen LogP contribution in [-0.2, 0) is 16.0 Å². The van der Waals surface area contributed by atoms with Crippen molar-refractivity contribution in [2.24, 2.45) is 11.8 Å². The van der Waals surface area contributed by atoms with Gasteiger partial charge in [-0.3, -0.25) is 9.59 Å². The summed E-state index contributed by atoms with van der Waals surface area (Å²) >= 11 is 0. The Morgan fingerprint density at radius 2 is 2.12 bits per heavy atom. The molecule has 24 heavy (non-hydrogen) atoms. The van der Waals surface area contributed by atoms with Crippen molar-refractivity contribution < 1.29 is 9.53 Å². The molecule has 2 saturated carbocycles. The van der Waals surface area contributed by atoms with Crippen LogP contribution < -0.4 is 5.56 Å². The second-order valence-electron chi connectivity index (χ2n) is 7.09. The Balaban J connectivity index is 1.31. The third-order valence-corrected chi connectivity index (χ3v) is 5.41. The van der Waals surface area contributed by atoms with E-state index < -0.39 is 0 Å². The van der Waals surface area contributed by atoms with Gasteiger partial charge in [-0.1, -0.05) is 12.1 Å². The summed E-state index contributed by atoms with van der Waals surface area (Å²) in [6, 6.07) is 7.28. The molecule has 1 heterocycles. The Kier molecular flexibility index (Phi) is 4.08. The van der Waals surface area contributed by atoms with Crippen molar-refractivity contribution in [2.75, 3.05) is 0 Å². The summed E-state index contributed by atoms with van der Waals surface area (Å²) in [4.78, 5) is 31.3. The van der Waals surface area contributed by atoms with Crippen molar-refractivity contribution in [1.29, 1.82) is 0 Å². The summed E-state index contributed by atoms with van der Waals surface area (Å²) < 4.78 is 5.65. The van der Waals surface area contributed by atoms with Crippen molar-refractivity contribution in [3.8, 4) is 0 Å². The molecule has 5 heteroatoms. The van der Waals surface area contributed by atoms with Gasteiger partial charge in [0, 0.05) is 12.8 Å². The molecule has 2 fully saturated rings. The number of aromatic nitrogens is 2. The van der Waals surface area contributed by atoms with Gasteiger partial charge in [-0.25, -0.2) is 4.98 Å². The number of fused-ring (bicyclic) bond motifs is 3. The van der Waals surface area contributed by atoms with Crippen LogP contribution in [0.4, 0.5) is 0 Å². The first-order valence-corrected chi connectivity index (χ1v) is 8.86. The van der Waals surface area contributed by atoms with Crippen LogP contribution in [0.3, 0.4) is 0 Å². The van der Waals surface area contributed by atoms with E-state index in [9.17, 15) is 9.59 Å². The van der Waals surface area contributed by atoms with Crippen molar-refractivity contribution >= 4 is 16.9 Å². The van der Waals surface area contributed by atoms with Gasteiger partial charge in [-0.15, -0.1) is 0 Å². The molecule has 2 aliphatic carbocycles. The highest BCUT2D eigenvalue weighted by atomic mass is 16.5. The van der Waals surface area contributed by atoms with Crippen LogP contribution in [0.2, 0.25) is 0 Å². The lowest BCUT2D eigenvalue weighted by atomic mass is 9.98. The lowest BCUT2D eigenvalue weighted by molar-refractivity contribution is -0.151.